The van der Waals surface area contributed by atoms with Crippen molar-refractivity contribution in [2.24, 2.45) is 0 Å². The lowest BCUT2D eigenvalue weighted by Gasteiger charge is -2.39. The zero-order chi connectivity index (χ0) is 19.9. The van der Waals surface area contributed by atoms with Crippen LogP contribution < -0.4 is 10.1 Å². The van der Waals surface area contributed by atoms with E-state index in [1.54, 1.807) is 0 Å². The van der Waals surface area contributed by atoms with Crippen molar-refractivity contribution in [3.8, 4) is 5.75 Å². The number of hydrogen-bond acceptors (Lipinski definition) is 5. The number of ketones is 1. The number of nitrogens with zero attached hydrogens (tertiary/aromatic N) is 2. The van der Waals surface area contributed by atoms with Crippen molar-refractivity contribution < 1.29 is 14.3 Å². The number of hydrogen-bond donors (Lipinski definition) is 1. The molecule has 6 nitrogen and oxygen atoms in total. The molecule has 0 spiro atoms. The first-order valence-electron chi connectivity index (χ1n) is 10.4. The monoisotopic (exact) mass is 385 g/mol. The van der Waals surface area contributed by atoms with Gasteiger partial charge < -0.3 is 19.9 Å². The topological polar surface area (TPSA) is 61.9 Å². The van der Waals surface area contributed by atoms with Gasteiger partial charge in [-0.3, -0.25) is 9.59 Å². The van der Waals surface area contributed by atoms with Crippen molar-refractivity contribution in [1.82, 2.24) is 15.1 Å². The van der Waals surface area contributed by atoms with Crippen molar-refractivity contribution in [2.45, 2.75) is 50.7 Å². The van der Waals surface area contributed by atoms with Gasteiger partial charge in [-0.15, -0.1) is 0 Å². The van der Waals surface area contributed by atoms with E-state index >= 15 is 0 Å². The smallest absolute Gasteiger partial charge is 0.221 e. The number of nitrogens with one attached hydrogen (secondary N) is 1. The summed E-state index contributed by atoms with van der Waals surface area (Å²) in [7, 11) is 2.12. The Bertz CT molecular complexity index is 772. The Morgan fingerprint density at radius 3 is 2.79 bits per heavy atom. The molecule has 4 rings (SSSR count). The number of aryl methyl sites for hydroxylation is 1. The number of carbonyl (C=O) groups excluding carboxylic acids is 2. The average molecular weight is 386 g/mol. The van der Waals surface area contributed by atoms with Gasteiger partial charge in [-0.1, -0.05) is 24.6 Å². The molecule has 152 valence electrons. The van der Waals surface area contributed by atoms with E-state index in [9.17, 15) is 9.59 Å². The van der Waals surface area contributed by atoms with E-state index in [-0.39, 0.29) is 23.2 Å². The highest BCUT2D eigenvalue weighted by molar-refractivity contribution is 5.91. The highest BCUT2D eigenvalue weighted by Crippen LogP contribution is 2.49. The lowest BCUT2D eigenvalue weighted by molar-refractivity contribution is -0.133. The maximum atomic E-state index is 12.7. The second kappa shape index (κ2) is 7.48. The Balaban J connectivity index is 1.41. The lowest BCUT2D eigenvalue weighted by atomic mass is 9.67. The van der Waals surface area contributed by atoms with E-state index in [0.717, 1.165) is 44.9 Å². The number of likely N-dealkylation sites (N-methyl/N-ethyl adjacent to an activating group) is 1. The van der Waals surface area contributed by atoms with Crippen molar-refractivity contribution in [3.05, 3.63) is 29.3 Å². The average Bonchev–Trinajstić information content (AvgIpc) is 2.97. The molecular formula is C22H31N3O3. The first kappa shape index (κ1) is 19.4. The first-order chi connectivity index (χ1) is 13.4. The van der Waals surface area contributed by atoms with Crippen LogP contribution in [0.4, 0.5) is 0 Å². The van der Waals surface area contributed by atoms with E-state index in [4.69, 9.17) is 4.74 Å². The molecule has 6 heteroatoms. The third-order valence-electron chi connectivity index (χ3n) is 6.74. The number of piperazine rings is 1. The van der Waals surface area contributed by atoms with Gasteiger partial charge in [-0.25, -0.2) is 0 Å². The minimum absolute atomic E-state index is 0.0581. The summed E-state index contributed by atoms with van der Waals surface area (Å²) in [5.74, 6) is 0.877. The Hall–Kier alpha value is -1.92. The van der Waals surface area contributed by atoms with Crippen LogP contribution in [-0.4, -0.2) is 73.4 Å². The van der Waals surface area contributed by atoms with Crippen LogP contribution in [-0.2, 0) is 15.0 Å². The van der Waals surface area contributed by atoms with Gasteiger partial charge in [0.15, 0.2) is 5.78 Å². The third-order valence-corrected chi connectivity index (χ3v) is 6.74. The molecule has 2 aliphatic heterocycles. The van der Waals surface area contributed by atoms with Gasteiger partial charge in [-0.2, -0.15) is 0 Å². The standard InChI is InChI=1S/C22H31N3O3/c1-15-4-5-18-16(14-15)22(2)8-6-17(26)20(21(22)28-18)23-19(27)7-9-25-12-10-24(3)11-13-25/h4-5,14,20-21H,6-13H2,1-3H3,(H,23,27)/t20-,21-,22-/m0/s1. The van der Waals surface area contributed by atoms with Gasteiger partial charge in [0.05, 0.1) is 0 Å². The predicted molar refractivity (Wildman–Crippen MR) is 108 cm³/mol. The lowest BCUT2D eigenvalue weighted by Crippen LogP contribution is -2.59. The van der Waals surface area contributed by atoms with Gasteiger partial charge in [0.2, 0.25) is 5.91 Å². The summed E-state index contributed by atoms with van der Waals surface area (Å²) in [5.41, 5.74) is 2.13. The molecule has 1 aliphatic carbocycles. The molecule has 3 atom stereocenters. The highest BCUT2D eigenvalue weighted by Gasteiger charge is 2.54. The van der Waals surface area contributed by atoms with E-state index in [2.05, 4.69) is 42.1 Å². The Labute approximate surface area is 167 Å². The van der Waals surface area contributed by atoms with Crippen LogP contribution >= 0.6 is 0 Å². The number of amides is 1. The molecule has 0 bridgehead atoms. The molecule has 1 saturated heterocycles. The summed E-state index contributed by atoms with van der Waals surface area (Å²) < 4.78 is 6.21. The minimum Gasteiger partial charge on any atom is -0.487 e. The van der Waals surface area contributed by atoms with Gasteiger partial charge in [0.25, 0.3) is 0 Å². The van der Waals surface area contributed by atoms with Crippen LogP contribution in [0.2, 0.25) is 0 Å². The summed E-state index contributed by atoms with van der Waals surface area (Å²) in [6.07, 6.45) is 1.34. The van der Waals surface area contributed by atoms with E-state index in [1.807, 2.05) is 12.1 Å². The maximum absolute atomic E-state index is 12.7. The SMILES string of the molecule is Cc1ccc2c(c1)[C@]1(C)CCC(=O)[C@H](NC(=O)CCN3CCN(C)CC3)[C@@H]1O2. The second-order valence-corrected chi connectivity index (χ2v) is 8.86. The largest absolute Gasteiger partial charge is 0.487 e. The van der Waals surface area contributed by atoms with Crippen LogP contribution in [0.1, 0.15) is 37.3 Å². The molecule has 3 aliphatic rings. The number of fused-ring (bicyclic) bond motifs is 3. The minimum atomic E-state index is -0.563. The van der Waals surface area contributed by atoms with Crippen LogP contribution in [0.5, 0.6) is 5.75 Å². The predicted octanol–water partition coefficient (Wildman–Crippen LogP) is 1.50. The molecule has 1 N–H and O–H groups in total. The summed E-state index contributed by atoms with van der Waals surface area (Å²) in [5, 5.41) is 3.01. The zero-order valence-corrected chi connectivity index (χ0v) is 17.2. The van der Waals surface area contributed by atoms with Crippen molar-refractivity contribution in [3.63, 3.8) is 0 Å². The third kappa shape index (κ3) is 3.55. The van der Waals surface area contributed by atoms with Gasteiger partial charge in [-0.05, 0) is 26.5 Å². The second-order valence-electron chi connectivity index (χ2n) is 8.86. The number of ether oxygens (including phenoxy) is 1. The molecule has 2 fully saturated rings. The van der Waals surface area contributed by atoms with Crippen molar-refractivity contribution in [1.29, 1.82) is 0 Å². The van der Waals surface area contributed by atoms with E-state index in [1.165, 1.54) is 11.1 Å². The molecule has 1 amide bonds. The van der Waals surface area contributed by atoms with Gasteiger partial charge >= 0.3 is 0 Å². The van der Waals surface area contributed by atoms with E-state index < -0.39 is 6.04 Å². The molecule has 1 aromatic rings. The molecule has 1 aromatic carbocycles. The normalized spacial score (nSPS) is 30.5. The van der Waals surface area contributed by atoms with Crippen LogP contribution in [0.25, 0.3) is 0 Å². The molecule has 0 unspecified atom stereocenters. The fraction of sp³-hybridized carbons (Fsp3) is 0.636. The number of benzene rings is 1. The molecule has 2 heterocycles. The van der Waals surface area contributed by atoms with Crippen LogP contribution in [0.15, 0.2) is 18.2 Å². The fourth-order valence-corrected chi connectivity index (χ4v) is 4.77. The molecule has 1 saturated carbocycles. The number of carbonyl (C=O) groups is 2. The quantitative estimate of drug-likeness (QED) is 0.851. The molecule has 0 aromatic heterocycles. The first-order valence-corrected chi connectivity index (χ1v) is 10.4. The Kier molecular flexibility index (Phi) is 5.19. The summed E-state index contributed by atoms with van der Waals surface area (Å²) in [4.78, 5) is 29.9. The zero-order valence-electron chi connectivity index (χ0n) is 17.2. The Morgan fingerprint density at radius 1 is 1.29 bits per heavy atom. The molecular weight excluding hydrogens is 354 g/mol. The van der Waals surface area contributed by atoms with Crippen LogP contribution in [0, 0.1) is 6.92 Å². The number of rotatable bonds is 4. The van der Waals surface area contributed by atoms with Crippen molar-refractivity contribution in [2.75, 3.05) is 39.8 Å². The van der Waals surface area contributed by atoms with Crippen LogP contribution in [0.3, 0.4) is 0 Å². The Morgan fingerprint density at radius 2 is 2.04 bits per heavy atom. The summed E-state index contributed by atoms with van der Waals surface area (Å²) in [6, 6.07) is 5.62. The highest BCUT2D eigenvalue weighted by atomic mass is 16.5. The summed E-state index contributed by atoms with van der Waals surface area (Å²) in [6.45, 7) is 9.03. The molecule has 0 radical (unpaired) electrons. The summed E-state index contributed by atoms with van der Waals surface area (Å²) >= 11 is 0. The van der Waals surface area contributed by atoms with E-state index in [0.29, 0.717) is 12.8 Å². The van der Waals surface area contributed by atoms with Gasteiger partial charge in [0.1, 0.15) is 17.9 Å². The maximum Gasteiger partial charge on any atom is 0.221 e. The number of Topliss-reactive ketones (excluding diaryl/α,β-unsaturated/α-hetero) is 1. The molecule has 28 heavy (non-hydrogen) atoms. The van der Waals surface area contributed by atoms with Crippen molar-refractivity contribution >= 4 is 11.7 Å². The fourth-order valence-electron chi connectivity index (χ4n) is 4.77. The van der Waals surface area contributed by atoms with Gasteiger partial charge in [0, 0.05) is 56.5 Å².